The molecule has 0 radical (unpaired) electrons. The molecule has 0 amide bonds. The van der Waals surface area contributed by atoms with Gasteiger partial charge in [-0.15, -0.1) is 0 Å². The summed E-state index contributed by atoms with van der Waals surface area (Å²) in [4.78, 5) is 18.1. The smallest absolute Gasteiger partial charge is 0.309 e. The van der Waals surface area contributed by atoms with Crippen LogP contribution in [0.25, 0.3) is 10.9 Å². The van der Waals surface area contributed by atoms with Crippen LogP contribution in [0.4, 0.5) is 4.39 Å². The molecule has 1 N–H and O–H groups in total. The molecule has 3 rings (SSSR count). The number of aromatic amines is 1. The Balaban J connectivity index is 2.27. The van der Waals surface area contributed by atoms with Gasteiger partial charge in [-0.05, 0) is 37.0 Å². The summed E-state index contributed by atoms with van der Waals surface area (Å²) in [5.41, 5.74) is 1.10. The first-order chi connectivity index (χ1) is 8.24. The highest BCUT2D eigenvalue weighted by molar-refractivity contribution is 5.81. The fourth-order valence-electron chi connectivity index (χ4n) is 2.68. The molecule has 1 aliphatic rings. The van der Waals surface area contributed by atoms with Gasteiger partial charge in [0.25, 0.3) is 0 Å². The zero-order valence-corrected chi connectivity index (χ0v) is 9.37. The Bertz CT molecular complexity index is 614. The van der Waals surface area contributed by atoms with E-state index in [4.69, 9.17) is 0 Å². The van der Waals surface area contributed by atoms with Crippen LogP contribution in [-0.4, -0.2) is 9.97 Å². The van der Waals surface area contributed by atoms with Crippen molar-refractivity contribution in [2.75, 3.05) is 0 Å². The predicted octanol–water partition coefficient (Wildman–Crippen LogP) is 2.72. The third-order valence-corrected chi connectivity index (χ3v) is 3.48. The highest BCUT2D eigenvalue weighted by Gasteiger charge is 2.20. The maximum atomic E-state index is 13.3. The summed E-state index contributed by atoms with van der Waals surface area (Å²) in [5, 5.41) is 0.747. The second-order valence-electron chi connectivity index (χ2n) is 4.60. The Morgan fingerprint density at radius 2 is 2.06 bits per heavy atom. The lowest BCUT2D eigenvalue weighted by atomic mass is 9.99. The zero-order valence-electron chi connectivity index (χ0n) is 9.37. The van der Waals surface area contributed by atoms with Gasteiger partial charge in [0, 0.05) is 11.1 Å². The fourth-order valence-corrected chi connectivity index (χ4v) is 2.68. The van der Waals surface area contributed by atoms with Crippen LogP contribution in [0, 0.1) is 5.82 Å². The van der Waals surface area contributed by atoms with E-state index < -0.39 is 0 Å². The van der Waals surface area contributed by atoms with E-state index in [9.17, 15) is 9.18 Å². The number of benzene rings is 1. The molecular formula is C13H13FN2O. The third kappa shape index (κ3) is 1.84. The number of hydrogen-bond donors (Lipinski definition) is 1. The minimum atomic E-state index is -0.342. The van der Waals surface area contributed by atoms with E-state index in [-0.39, 0.29) is 11.5 Å². The van der Waals surface area contributed by atoms with Crippen molar-refractivity contribution in [2.45, 2.75) is 31.6 Å². The lowest BCUT2D eigenvalue weighted by Gasteiger charge is -2.11. The average Bonchev–Trinajstić information content (AvgIpc) is 2.82. The van der Waals surface area contributed by atoms with Crippen molar-refractivity contribution in [2.24, 2.45) is 0 Å². The van der Waals surface area contributed by atoms with Crippen molar-refractivity contribution in [3.63, 3.8) is 0 Å². The molecule has 1 aromatic heterocycles. The highest BCUT2D eigenvalue weighted by Crippen LogP contribution is 2.35. The van der Waals surface area contributed by atoms with Crippen LogP contribution in [-0.2, 0) is 0 Å². The lowest BCUT2D eigenvalue weighted by molar-refractivity contribution is 0.628. The van der Waals surface area contributed by atoms with Gasteiger partial charge < -0.3 is 4.98 Å². The molecule has 1 heterocycles. The molecule has 1 saturated carbocycles. The van der Waals surface area contributed by atoms with Crippen LogP contribution in [0.2, 0.25) is 0 Å². The zero-order chi connectivity index (χ0) is 11.8. The molecule has 0 spiro atoms. The molecule has 1 aliphatic carbocycles. The number of aromatic nitrogens is 2. The Labute approximate surface area is 97.7 Å². The molecule has 2 aromatic rings. The number of nitrogens with zero attached hydrogens (tertiary/aromatic N) is 1. The minimum absolute atomic E-state index is 0.286. The van der Waals surface area contributed by atoms with E-state index in [2.05, 4.69) is 9.97 Å². The van der Waals surface area contributed by atoms with Crippen molar-refractivity contribution < 1.29 is 4.39 Å². The Hall–Kier alpha value is -1.71. The van der Waals surface area contributed by atoms with Crippen LogP contribution in [0.15, 0.2) is 23.0 Å². The van der Waals surface area contributed by atoms with Crippen LogP contribution in [0.5, 0.6) is 0 Å². The number of halogens is 1. The van der Waals surface area contributed by atoms with Gasteiger partial charge in [0.05, 0.1) is 5.52 Å². The second-order valence-corrected chi connectivity index (χ2v) is 4.60. The van der Waals surface area contributed by atoms with Gasteiger partial charge in [0.15, 0.2) is 0 Å². The number of rotatable bonds is 1. The van der Waals surface area contributed by atoms with Gasteiger partial charge in [-0.3, -0.25) is 0 Å². The van der Waals surface area contributed by atoms with E-state index in [0.717, 1.165) is 23.9 Å². The van der Waals surface area contributed by atoms with E-state index in [1.165, 1.54) is 25.0 Å². The molecule has 17 heavy (non-hydrogen) atoms. The molecule has 0 unspecified atom stereocenters. The first-order valence-corrected chi connectivity index (χ1v) is 5.93. The second kappa shape index (κ2) is 3.95. The summed E-state index contributed by atoms with van der Waals surface area (Å²) >= 11 is 0. The van der Waals surface area contributed by atoms with Crippen LogP contribution < -0.4 is 5.69 Å². The molecule has 0 atom stereocenters. The molecule has 3 nitrogen and oxygen atoms in total. The first-order valence-electron chi connectivity index (χ1n) is 5.93. The summed E-state index contributed by atoms with van der Waals surface area (Å²) in [6.07, 6.45) is 4.47. The Morgan fingerprint density at radius 1 is 1.29 bits per heavy atom. The normalized spacial score (nSPS) is 16.8. The lowest BCUT2D eigenvalue weighted by Crippen LogP contribution is -2.15. The number of hydrogen-bond acceptors (Lipinski definition) is 2. The van der Waals surface area contributed by atoms with E-state index in [1.54, 1.807) is 6.07 Å². The van der Waals surface area contributed by atoms with Gasteiger partial charge >= 0.3 is 5.69 Å². The van der Waals surface area contributed by atoms with Crippen molar-refractivity contribution in [3.8, 4) is 0 Å². The van der Waals surface area contributed by atoms with Gasteiger partial charge in [-0.25, -0.2) is 9.18 Å². The van der Waals surface area contributed by atoms with E-state index in [1.807, 2.05) is 0 Å². The highest BCUT2D eigenvalue weighted by atomic mass is 19.1. The monoisotopic (exact) mass is 232 g/mol. The van der Waals surface area contributed by atoms with E-state index in [0.29, 0.717) is 11.4 Å². The molecule has 1 fully saturated rings. The minimum Gasteiger partial charge on any atom is -0.309 e. The summed E-state index contributed by atoms with van der Waals surface area (Å²) in [6.45, 7) is 0. The van der Waals surface area contributed by atoms with Crippen LogP contribution in [0.3, 0.4) is 0 Å². The fraction of sp³-hybridized carbons (Fsp3) is 0.385. The molecule has 4 heteroatoms. The number of fused-ring (bicyclic) bond motifs is 1. The maximum absolute atomic E-state index is 13.3. The maximum Gasteiger partial charge on any atom is 0.345 e. The van der Waals surface area contributed by atoms with Crippen molar-refractivity contribution >= 4 is 10.9 Å². The van der Waals surface area contributed by atoms with Crippen LogP contribution in [0.1, 0.15) is 37.3 Å². The standard InChI is InChI=1S/C13H13FN2O/c14-9-5-6-11-10(7-9)12(16-13(17)15-11)8-3-1-2-4-8/h5-8H,1-4H2,(H,15,16,17). The average molecular weight is 232 g/mol. The topological polar surface area (TPSA) is 45.8 Å². The number of H-pyrrole nitrogens is 1. The Morgan fingerprint density at radius 3 is 2.82 bits per heavy atom. The first kappa shape index (κ1) is 10.4. The van der Waals surface area contributed by atoms with Crippen molar-refractivity contribution in [1.29, 1.82) is 0 Å². The largest absolute Gasteiger partial charge is 0.345 e. The third-order valence-electron chi connectivity index (χ3n) is 3.48. The van der Waals surface area contributed by atoms with Crippen molar-refractivity contribution in [1.82, 2.24) is 9.97 Å². The van der Waals surface area contributed by atoms with Crippen LogP contribution >= 0.6 is 0 Å². The summed E-state index contributed by atoms with van der Waals surface area (Å²) in [5.74, 6) is 0.0561. The molecule has 0 bridgehead atoms. The SMILES string of the molecule is O=c1nc2ccc(F)cc2c(C2CCCC2)[nH]1. The molecule has 1 aromatic carbocycles. The summed E-state index contributed by atoms with van der Waals surface area (Å²) in [6, 6.07) is 4.37. The quantitative estimate of drug-likeness (QED) is 0.821. The van der Waals surface area contributed by atoms with Gasteiger partial charge in [0.2, 0.25) is 0 Å². The van der Waals surface area contributed by atoms with Gasteiger partial charge in [0.1, 0.15) is 5.82 Å². The number of nitrogens with one attached hydrogen (secondary N) is 1. The molecular weight excluding hydrogens is 219 g/mol. The summed E-state index contributed by atoms with van der Waals surface area (Å²) < 4.78 is 13.3. The molecule has 0 saturated heterocycles. The summed E-state index contributed by atoms with van der Waals surface area (Å²) in [7, 11) is 0. The molecule has 0 aliphatic heterocycles. The Kier molecular flexibility index (Phi) is 2.42. The van der Waals surface area contributed by atoms with Gasteiger partial charge in [-0.1, -0.05) is 12.8 Å². The van der Waals surface area contributed by atoms with Crippen molar-refractivity contribution in [3.05, 3.63) is 40.2 Å². The van der Waals surface area contributed by atoms with E-state index >= 15 is 0 Å². The predicted molar refractivity (Wildman–Crippen MR) is 63.5 cm³/mol. The molecule has 88 valence electrons. The van der Waals surface area contributed by atoms with Gasteiger partial charge in [-0.2, -0.15) is 4.98 Å².